The van der Waals surface area contributed by atoms with Gasteiger partial charge in [0.15, 0.2) is 0 Å². The lowest BCUT2D eigenvalue weighted by Crippen LogP contribution is -2.36. The summed E-state index contributed by atoms with van der Waals surface area (Å²) in [6.45, 7) is 10.7. The predicted molar refractivity (Wildman–Crippen MR) is 140 cm³/mol. The van der Waals surface area contributed by atoms with Crippen LogP contribution in [0.1, 0.15) is 55.0 Å². The lowest BCUT2D eigenvalue weighted by atomic mass is 9.92. The van der Waals surface area contributed by atoms with Gasteiger partial charge in [0, 0.05) is 37.5 Å². The number of ketones is 1. The summed E-state index contributed by atoms with van der Waals surface area (Å²) in [4.78, 5) is 30.5. The molecule has 7 nitrogen and oxygen atoms in total. The van der Waals surface area contributed by atoms with Crippen molar-refractivity contribution in [2.24, 2.45) is 0 Å². The molecule has 0 saturated carbocycles. The lowest BCUT2D eigenvalue weighted by Gasteiger charge is -2.28. The highest BCUT2D eigenvalue weighted by atomic mass is 16.5. The van der Waals surface area contributed by atoms with E-state index in [-0.39, 0.29) is 17.4 Å². The molecule has 0 aromatic heterocycles. The Balaban J connectivity index is 1.83. The second-order valence-corrected chi connectivity index (χ2v) is 9.49. The Bertz CT molecular complexity index is 1160. The zero-order valence-corrected chi connectivity index (χ0v) is 21.8. The van der Waals surface area contributed by atoms with Crippen LogP contribution in [0, 0.1) is 13.8 Å². The van der Waals surface area contributed by atoms with E-state index in [1.807, 2.05) is 44.2 Å². The van der Waals surface area contributed by atoms with Gasteiger partial charge in [-0.15, -0.1) is 0 Å². The number of nitrogens with zero attached hydrogens (tertiary/aromatic N) is 2. The van der Waals surface area contributed by atoms with Crippen molar-refractivity contribution in [1.29, 1.82) is 0 Å². The number of likely N-dealkylation sites (tertiary alicyclic amines) is 1. The number of amides is 1. The fourth-order valence-electron chi connectivity index (χ4n) is 5.29. The Morgan fingerprint density at radius 3 is 2.39 bits per heavy atom. The van der Waals surface area contributed by atoms with Gasteiger partial charge in [-0.1, -0.05) is 12.1 Å². The van der Waals surface area contributed by atoms with Gasteiger partial charge in [0.2, 0.25) is 0 Å². The smallest absolute Gasteiger partial charge is 0.295 e. The summed E-state index contributed by atoms with van der Waals surface area (Å²) in [6.07, 6.45) is 1.65. The first-order chi connectivity index (χ1) is 17.3. The molecule has 2 aliphatic rings. The average Bonchev–Trinajstić information content (AvgIpc) is 3.48. The second kappa shape index (κ2) is 10.7. The van der Waals surface area contributed by atoms with Crippen LogP contribution >= 0.6 is 0 Å². The van der Waals surface area contributed by atoms with Crippen molar-refractivity contribution in [3.05, 3.63) is 64.2 Å². The van der Waals surface area contributed by atoms with Gasteiger partial charge in [0.25, 0.3) is 11.7 Å². The Morgan fingerprint density at radius 1 is 1.11 bits per heavy atom. The van der Waals surface area contributed by atoms with E-state index in [1.165, 1.54) is 0 Å². The molecular formula is C29H36N2O5. The largest absolute Gasteiger partial charge is 0.507 e. The van der Waals surface area contributed by atoms with Crippen LogP contribution in [-0.4, -0.2) is 61.2 Å². The number of ether oxygens (including phenoxy) is 2. The van der Waals surface area contributed by atoms with E-state index in [2.05, 4.69) is 18.7 Å². The van der Waals surface area contributed by atoms with E-state index >= 15 is 0 Å². The molecule has 4 rings (SSSR count). The molecule has 7 heteroatoms. The number of benzene rings is 2. The van der Waals surface area contributed by atoms with Crippen molar-refractivity contribution in [2.75, 3.05) is 38.3 Å². The first-order valence-electron chi connectivity index (χ1n) is 12.7. The number of aryl methyl sites for hydroxylation is 2. The zero-order valence-electron chi connectivity index (χ0n) is 21.8. The fourth-order valence-corrected chi connectivity index (χ4v) is 5.29. The minimum absolute atomic E-state index is 0.112. The highest BCUT2D eigenvalue weighted by Gasteiger charge is 2.47. The molecule has 2 aromatic carbocycles. The van der Waals surface area contributed by atoms with Crippen LogP contribution in [0.2, 0.25) is 0 Å². The monoisotopic (exact) mass is 492 g/mol. The molecule has 192 valence electrons. The maximum absolute atomic E-state index is 13.4. The normalized spacial score (nSPS) is 21.3. The Morgan fingerprint density at radius 2 is 1.81 bits per heavy atom. The van der Waals surface area contributed by atoms with Crippen molar-refractivity contribution in [2.45, 2.75) is 52.7 Å². The van der Waals surface area contributed by atoms with Crippen LogP contribution in [0.3, 0.4) is 0 Å². The molecule has 2 aromatic rings. The van der Waals surface area contributed by atoms with Crippen molar-refractivity contribution >= 4 is 23.1 Å². The standard InChI is InChI=1S/C29H36N2O5/c1-6-30(7-2)21-12-10-20(11-13-21)26-25(27(32)23-15-19(4)24(35-5)16-18(23)3)28(33)29(34)31(26)17-22-9-8-14-36-22/h10-13,15-16,22,26,32H,6-9,14,17H2,1-5H3/b27-25+. The first-order valence-corrected chi connectivity index (χ1v) is 12.7. The van der Waals surface area contributed by atoms with Crippen molar-refractivity contribution in [3.8, 4) is 5.75 Å². The number of carbonyl (C=O) groups excluding carboxylic acids is 2. The summed E-state index contributed by atoms with van der Waals surface area (Å²) >= 11 is 0. The third-order valence-corrected chi connectivity index (χ3v) is 7.30. The number of aliphatic hydroxyl groups excluding tert-OH is 1. The predicted octanol–water partition coefficient (Wildman–Crippen LogP) is 4.76. The van der Waals surface area contributed by atoms with Crippen LogP contribution < -0.4 is 9.64 Å². The number of aliphatic hydroxyl groups is 1. The van der Waals surface area contributed by atoms with Gasteiger partial charge in [-0.2, -0.15) is 0 Å². The zero-order chi connectivity index (χ0) is 26.0. The summed E-state index contributed by atoms with van der Waals surface area (Å²) in [6, 6.07) is 10.9. The minimum Gasteiger partial charge on any atom is -0.507 e. The summed E-state index contributed by atoms with van der Waals surface area (Å²) in [7, 11) is 1.60. The molecule has 0 aliphatic carbocycles. The van der Waals surface area contributed by atoms with E-state index in [9.17, 15) is 14.7 Å². The number of Topliss-reactive ketones (excluding diaryl/α,β-unsaturated/α-hetero) is 1. The van der Waals surface area contributed by atoms with E-state index in [4.69, 9.17) is 9.47 Å². The third kappa shape index (κ3) is 4.72. The number of rotatable bonds is 8. The number of carbonyl (C=O) groups is 2. The summed E-state index contributed by atoms with van der Waals surface area (Å²) < 4.78 is 11.2. The van der Waals surface area contributed by atoms with Crippen molar-refractivity contribution in [3.63, 3.8) is 0 Å². The Kier molecular flexibility index (Phi) is 7.69. The fraction of sp³-hybridized carbons (Fsp3) is 0.448. The van der Waals surface area contributed by atoms with E-state index in [0.29, 0.717) is 24.5 Å². The molecule has 2 saturated heterocycles. The van der Waals surface area contributed by atoms with Gasteiger partial charge >= 0.3 is 0 Å². The molecule has 2 atom stereocenters. The van der Waals surface area contributed by atoms with Gasteiger partial charge in [-0.3, -0.25) is 9.59 Å². The molecular weight excluding hydrogens is 456 g/mol. The molecule has 1 N–H and O–H groups in total. The molecule has 0 radical (unpaired) electrons. The Hall–Kier alpha value is -3.32. The van der Waals surface area contributed by atoms with Gasteiger partial charge in [-0.05, 0) is 81.5 Å². The highest BCUT2D eigenvalue weighted by Crippen LogP contribution is 2.41. The summed E-state index contributed by atoms with van der Waals surface area (Å²) in [5.41, 5.74) is 4.08. The van der Waals surface area contributed by atoms with E-state index in [1.54, 1.807) is 18.1 Å². The van der Waals surface area contributed by atoms with Crippen LogP contribution in [0.4, 0.5) is 5.69 Å². The highest BCUT2D eigenvalue weighted by molar-refractivity contribution is 6.46. The van der Waals surface area contributed by atoms with Crippen LogP contribution in [0.25, 0.3) is 5.76 Å². The molecule has 36 heavy (non-hydrogen) atoms. The first kappa shape index (κ1) is 25.8. The van der Waals surface area contributed by atoms with Gasteiger partial charge in [0.05, 0.1) is 24.8 Å². The van der Waals surface area contributed by atoms with E-state index in [0.717, 1.165) is 48.3 Å². The quantitative estimate of drug-likeness (QED) is 0.325. The minimum atomic E-state index is -0.693. The van der Waals surface area contributed by atoms with Crippen LogP contribution in [0.5, 0.6) is 5.75 Å². The number of hydrogen-bond acceptors (Lipinski definition) is 6. The maximum atomic E-state index is 13.4. The number of methoxy groups -OCH3 is 1. The summed E-state index contributed by atoms with van der Waals surface area (Å²) in [5.74, 6) is -0.736. The van der Waals surface area contributed by atoms with E-state index < -0.39 is 17.7 Å². The molecule has 0 spiro atoms. The van der Waals surface area contributed by atoms with Gasteiger partial charge in [0.1, 0.15) is 11.5 Å². The van der Waals surface area contributed by atoms with Crippen LogP contribution in [-0.2, 0) is 14.3 Å². The molecule has 2 fully saturated rings. The van der Waals surface area contributed by atoms with Gasteiger partial charge < -0.3 is 24.4 Å². The SMILES string of the molecule is CCN(CC)c1ccc(C2/C(=C(\O)c3cc(C)c(OC)cc3C)C(=O)C(=O)N2CC2CCCO2)cc1. The third-order valence-electron chi connectivity index (χ3n) is 7.30. The molecule has 1 amide bonds. The average molecular weight is 493 g/mol. The summed E-state index contributed by atoms with van der Waals surface area (Å²) in [5, 5.41) is 11.5. The molecule has 2 unspecified atom stereocenters. The van der Waals surface area contributed by atoms with Crippen molar-refractivity contribution in [1.82, 2.24) is 4.90 Å². The molecule has 2 heterocycles. The van der Waals surface area contributed by atoms with Crippen molar-refractivity contribution < 1.29 is 24.2 Å². The second-order valence-electron chi connectivity index (χ2n) is 9.49. The molecule has 2 aliphatic heterocycles. The Labute approximate surface area is 213 Å². The maximum Gasteiger partial charge on any atom is 0.295 e. The molecule has 0 bridgehead atoms. The number of anilines is 1. The lowest BCUT2D eigenvalue weighted by molar-refractivity contribution is -0.140. The van der Waals surface area contributed by atoms with Gasteiger partial charge in [-0.25, -0.2) is 0 Å². The van der Waals surface area contributed by atoms with Crippen LogP contribution in [0.15, 0.2) is 42.0 Å². The topological polar surface area (TPSA) is 79.3 Å². The number of hydrogen-bond donors (Lipinski definition) is 1.